The number of hydrogen-bond acceptors (Lipinski definition) is 5. The first-order valence-electron chi connectivity index (χ1n) is 10.6. The fourth-order valence-electron chi connectivity index (χ4n) is 6.20. The van der Waals surface area contributed by atoms with Crippen LogP contribution in [0.5, 0.6) is 0 Å². The molecule has 0 bridgehead atoms. The van der Waals surface area contributed by atoms with Gasteiger partial charge in [-0.3, -0.25) is 10.1 Å². The van der Waals surface area contributed by atoms with E-state index in [0.29, 0.717) is 18.5 Å². The first-order valence-corrected chi connectivity index (χ1v) is 10.6. The summed E-state index contributed by atoms with van der Waals surface area (Å²) in [6.07, 6.45) is 2.79. The van der Waals surface area contributed by atoms with Crippen molar-refractivity contribution in [1.82, 2.24) is 0 Å². The molecule has 3 fully saturated rings. The molecule has 0 aromatic heterocycles. The third-order valence-electron chi connectivity index (χ3n) is 7.87. The average Bonchev–Trinajstić information content (AvgIpc) is 3.08. The van der Waals surface area contributed by atoms with Crippen molar-refractivity contribution < 1.29 is 24.2 Å². The zero-order chi connectivity index (χ0) is 20.8. The Morgan fingerprint density at radius 2 is 1.97 bits per heavy atom. The van der Waals surface area contributed by atoms with E-state index in [4.69, 9.17) is 9.47 Å². The molecule has 3 aliphatic rings. The summed E-state index contributed by atoms with van der Waals surface area (Å²) in [5, 5.41) is 13.2. The van der Waals surface area contributed by atoms with Crippen molar-refractivity contribution in [2.45, 2.75) is 65.1 Å². The molecule has 0 radical (unpaired) electrons. The molecule has 2 N–H and O–H groups in total. The van der Waals surface area contributed by atoms with Crippen LogP contribution in [0.2, 0.25) is 0 Å². The summed E-state index contributed by atoms with van der Waals surface area (Å²) >= 11 is 0. The van der Waals surface area contributed by atoms with Crippen LogP contribution in [-0.2, 0) is 14.3 Å². The SMILES string of the molecule is Cc1ccc(NC(=O)O[C@H]2CC[C@@]3(C)[C@@H](CC[C@@H]4OC(=O)C[C@H]43)[C@]2(C)CO)cc1. The Bertz CT molecular complexity index is 793. The smallest absolute Gasteiger partial charge is 0.411 e. The number of aryl methyl sites for hydroxylation is 1. The topological polar surface area (TPSA) is 84.9 Å². The van der Waals surface area contributed by atoms with Gasteiger partial charge in [0.2, 0.25) is 0 Å². The van der Waals surface area contributed by atoms with E-state index in [2.05, 4.69) is 12.2 Å². The summed E-state index contributed by atoms with van der Waals surface area (Å²) in [6, 6.07) is 7.56. The fourth-order valence-corrected chi connectivity index (χ4v) is 6.20. The molecule has 1 amide bonds. The molecule has 2 aliphatic carbocycles. The Kier molecular flexibility index (Phi) is 5.09. The predicted molar refractivity (Wildman–Crippen MR) is 108 cm³/mol. The van der Waals surface area contributed by atoms with Crippen molar-refractivity contribution >= 4 is 17.7 Å². The van der Waals surface area contributed by atoms with Gasteiger partial charge in [-0.1, -0.05) is 31.5 Å². The van der Waals surface area contributed by atoms with Crippen LogP contribution in [0.4, 0.5) is 10.5 Å². The van der Waals surface area contributed by atoms with Gasteiger partial charge < -0.3 is 14.6 Å². The summed E-state index contributed by atoms with van der Waals surface area (Å²) in [5.74, 6) is 0.243. The Labute approximate surface area is 172 Å². The van der Waals surface area contributed by atoms with Gasteiger partial charge in [-0.25, -0.2) is 4.79 Å². The number of ether oxygens (including phenoxy) is 2. The van der Waals surface area contributed by atoms with Crippen LogP contribution >= 0.6 is 0 Å². The Balaban J connectivity index is 1.50. The lowest BCUT2D eigenvalue weighted by Gasteiger charge is -2.59. The van der Waals surface area contributed by atoms with E-state index in [1.807, 2.05) is 38.1 Å². The van der Waals surface area contributed by atoms with E-state index in [1.165, 1.54) is 0 Å². The molecule has 0 spiro atoms. The molecule has 1 saturated heterocycles. The number of fused-ring (bicyclic) bond motifs is 3. The number of aliphatic hydroxyl groups excluding tert-OH is 1. The molecule has 4 rings (SSSR count). The lowest BCUT2D eigenvalue weighted by Crippen LogP contribution is -2.59. The minimum atomic E-state index is -0.547. The highest BCUT2D eigenvalue weighted by molar-refractivity contribution is 5.84. The molecule has 1 aromatic carbocycles. The van der Waals surface area contributed by atoms with Crippen LogP contribution in [0.1, 0.15) is 51.5 Å². The van der Waals surface area contributed by atoms with Crippen LogP contribution in [0.3, 0.4) is 0 Å². The number of anilines is 1. The van der Waals surface area contributed by atoms with E-state index in [-0.39, 0.29) is 42.0 Å². The van der Waals surface area contributed by atoms with Crippen LogP contribution in [-0.4, -0.2) is 36.0 Å². The lowest BCUT2D eigenvalue weighted by molar-refractivity contribution is -0.174. The highest BCUT2D eigenvalue weighted by atomic mass is 16.6. The van der Waals surface area contributed by atoms with Gasteiger partial charge in [0, 0.05) is 17.0 Å². The largest absolute Gasteiger partial charge is 0.462 e. The maximum absolute atomic E-state index is 12.6. The number of carbonyl (C=O) groups excluding carboxylic acids is 2. The van der Waals surface area contributed by atoms with Crippen molar-refractivity contribution in [2.24, 2.45) is 22.7 Å². The number of amides is 1. The fraction of sp³-hybridized carbons (Fsp3) is 0.652. The van der Waals surface area contributed by atoms with Crippen molar-refractivity contribution in [1.29, 1.82) is 0 Å². The van der Waals surface area contributed by atoms with E-state index in [1.54, 1.807) is 0 Å². The summed E-state index contributed by atoms with van der Waals surface area (Å²) in [6.45, 7) is 6.19. The minimum absolute atomic E-state index is 0.00556. The Morgan fingerprint density at radius 1 is 1.24 bits per heavy atom. The highest BCUT2D eigenvalue weighted by Crippen LogP contribution is 2.62. The number of aliphatic hydroxyl groups is 1. The van der Waals surface area contributed by atoms with Gasteiger partial charge in [0.1, 0.15) is 12.2 Å². The molecule has 1 heterocycles. The Hall–Kier alpha value is -2.08. The molecule has 158 valence electrons. The van der Waals surface area contributed by atoms with Gasteiger partial charge >= 0.3 is 12.1 Å². The summed E-state index contributed by atoms with van der Waals surface area (Å²) in [7, 11) is 0. The van der Waals surface area contributed by atoms with Crippen LogP contribution in [0.25, 0.3) is 0 Å². The second-order valence-corrected chi connectivity index (χ2v) is 9.56. The molecule has 6 heteroatoms. The van der Waals surface area contributed by atoms with Crippen LogP contribution in [0, 0.1) is 29.6 Å². The number of benzene rings is 1. The number of hydrogen-bond donors (Lipinski definition) is 2. The number of nitrogens with one attached hydrogen (secondary N) is 1. The van der Waals surface area contributed by atoms with E-state index in [9.17, 15) is 14.7 Å². The van der Waals surface area contributed by atoms with Crippen molar-refractivity contribution in [3.63, 3.8) is 0 Å². The van der Waals surface area contributed by atoms with E-state index in [0.717, 1.165) is 24.8 Å². The number of esters is 1. The zero-order valence-corrected chi connectivity index (χ0v) is 17.4. The van der Waals surface area contributed by atoms with Gasteiger partial charge in [0.15, 0.2) is 0 Å². The number of rotatable bonds is 3. The van der Waals surface area contributed by atoms with E-state index < -0.39 is 11.5 Å². The molecule has 6 nitrogen and oxygen atoms in total. The molecule has 6 atom stereocenters. The third kappa shape index (κ3) is 3.41. The quantitative estimate of drug-likeness (QED) is 0.747. The number of carbonyl (C=O) groups is 2. The average molecular weight is 402 g/mol. The Morgan fingerprint density at radius 3 is 2.66 bits per heavy atom. The second kappa shape index (κ2) is 7.31. The zero-order valence-electron chi connectivity index (χ0n) is 17.4. The molecule has 29 heavy (non-hydrogen) atoms. The summed E-state index contributed by atoms with van der Waals surface area (Å²) in [4.78, 5) is 24.5. The maximum Gasteiger partial charge on any atom is 0.411 e. The summed E-state index contributed by atoms with van der Waals surface area (Å²) < 4.78 is 11.4. The van der Waals surface area contributed by atoms with Crippen molar-refractivity contribution in [3.05, 3.63) is 29.8 Å². The molecule has 0 unspecified atom stereocenters. The molecule has 1 aliphatic heterocycles. The van der Waals surface area contributed by atoms with Crippen LogP contribution < -0.4 is 5.32 Å². The van der Waals surface area contributed by atoms with Gasteiger partial charge in [-0.15, -0.1) is 0 Å². The molecular formula is C23H31NO5. The van der Waals surface area contributed by atoms with Gasteiger partial charge in [-0.2, -0.15) is 0 Å². The summed E-state index contributed by atoms with van der Waals surface area (Å²) in [5.41, 5.74) is 1.16. The lowest BCUT2D eigenvalue weighted by atomic mass is 9.46. The second-order valence-electron chi connectivity index (χ2n) is 9.56. The normalized spacial score (nSPS) is 38.6. The van der Waals surface area contributed by atoms with Gasteiger partial charge in [0.25, 0.3) is 0 Å². The van der Waals surface area contributed by atoms with Crippen molar-refractivity contribution in [3.8, 4) is 0 Å². The first-order chi connectivity index (χ1) is 13.8. The van der Waals surface area contributed by atoms with Crippen molar-refractivity contribution in [2.75, 3.05) is 11.9 Å². The third-order valence-corrected chi connectivity index (χ3v) is 7.87. The molecule has 2 saturated carbocycles. The highest BCUT2D eigenvalue weighted by Gasteiger charge is 2.62. The monoisotopic (exact) mass is 401 g/mol. The molecular weight excluding hydrogens is 370 g/mol. The maximum atomic E-state index is 12.6. The predicted octanol–water partition coefficient (Wildman–Crippen LogP) is 4.05. The minimum Gasteiger partial charge on any atom is -0.462 e. The van der Waals surface area contributed by atoms with Crippen LogP contribution in [0.15, 0.2) is 24.3 Å². The van der Waals surface area contributed by atoms with Gasteiger partial charge in [0.05, 0.1) is 13.0 Å². The standard InChI is InChI=1S/C23H31NO5/c1-14-4-6-15(7-5-14)24-21(27)29-19-10-11-22(2)16-12-20(26)28-17(16)8-9-18(22)23(19,3)13-25/h4-7,16-19,25H,8-13H2,1-3H3,(H,24,27)/t16-,17+,18-,19+,22-,23+/m1/s1. The van der Waals surface area contributed by atoms with Gasteiger partial charge in [-0.05, 0) is 56.1 Å². The first kappa shape index (κ1) is 20.2. The van der Waals surface area contributed by atoms with E-state index >= 15 is 0 Å². The molecule has 1 aromatic rings.